The van der Waals surface area contributed by atoms with Gasteiger partial charge in [-0.2, -0.15) is 0 Å². The van der Waals surface area contributed by atoms with E-state index in [1.807, 2.05) is 0 Å². The molecule has 1 saturated carbocycles. The summed E-state index contributed by atoms with van der Waals surface area (Å²) >= 11 is 5.74. The monoisotopic (exact) mass is 326 g/mol. The Morgan fingerprint density at radius 3 is 2.68 bits per heavy atom. The maximum Gasteiger partial charge on any atom is 0.325 e. The Labute approximate surface area is 131 Å². The third-order valence-electron chi connectivity index (χ3n) is 3.24. The molecule has 0 saturated heterocycles. The summed E-state index contributed by atoms with van der Waals surface area (Å²) < 4.78 is 4.86. The number of benzene rings is 1. The van der Waals surface area contributed by atoms with Crippen molar-refractivity contribution in [1.29, 1.82) is 0 Å². The average Bonchev–Trinajstić information content (AvgIpc) is 3.29. The van der Waals surface area contributed by atoms with Crippen LogP contribution >= 0.6 is 11.6 Å². The molecule has 0 aliphatic heterocycles. The molecule has 0 atom stereocenters. The van der Waals surface area contributed by atoms with Gasteiger partial charge >= 0.3 is 5.97 Å². The summed E-state index contributed by atoms with van der Waals surface area (Å²) in [7, 11) is 0. The third kappa shape index (κ3) is 3.73. The highest BCUT2D eigenvalue weighted by molar-refractivity contribution is 6.32. The smallest absolute Gasteiger partial charge is 0.325 e. The lowest BCUT2D eigenvalue weighted by Gasteiger charge is -2.21. The molecule has 0 aromatic heterocycles. The van der Waals surface area contributed by atoms with Gasteiger partial charge in [0.2, 0.25) is 0 Å². The first-order valence-corrected chi connectivity index (χ1v) is 7.22. The molecule has 0 radical (unpaired) electrons. The summed E-state index contributed by atoms with van der Waals surface area (Å²) in [6.07, 6.45) is 1.61. The summed E-state index contributed by atoms with van der Waals surface area (Å²) in [5, 5.41) is 10.9. The van der Waals surface area contributed by atoms with Crippen LogP contribution in [0, 0.1) is 10.1 Å². The number of ether oxygens (including phenoxy) is 1. The minimum Gasteiger partial charge on any atom is -0.465 e. The molecular weight excluding hydrogens is 312 g/mol. The van der Waals surface area contributed by atoms with Gasteiger partial charge in [0.25, 0.3) is 11.6 Å². The van der Waals surface area contributed by atoms with Crippen LogP contribution in [0.25, 0.3) is 0 Å². The number of nitro groups is 1. The second-order valence-corrected chi connectivity index (χ2v) is 5.30. The first kappa shape index (κ1) is 16.2. The molecule has 0 heterocycles. The minimum absolute atomic E-state index is 0.0216. The Kier molecular flexibility index (Phi) is 4.97. The Morgan fingerprint density at radius 2 is 2.14 bits per heavy atom. The van der Waals surface area contributed by atoms with Crippen LogP contribution in [-0.4, -0.2) is 40.9 Å². The molecule has 1 fully saturated rings. The lowest BCUT2D eigenvalue weighted by molar-refractivity contribution is -0.384. The number of carbonyl (C=O) groups excluding carboxylic acids is 2. The lowest BCUT2D eigenvalue weighted by atomic mass is 10.1. The van der Waals surface area contributed by atoms with Crippen LogP contribution in [0.1, 0.15) is 30.1 Å². The van der Waals surface area contributed by atoms with Gasteiger partial charge in [0.05, 0.1) is 11.5 Å². The summed E-state index contributed by atoms with van der Waals surface area (Å²) in [6, 6.07) is 3.83. The molecule has 7 nitrogen and oxygen atoms in total. The fourth-order valence-electron chi connectivity index (χ4n) is 2.05. The molecule has 1 aliphatic rings. The number of hydrogen-bond acceptors (Lipinski definition) is 5. The number of amides is 1. The number of rotatable bonds is 6. The van der Waals surface area contributed by atoms with Crippen LogP contribution in [0.3, 0.4) is 0 Å². The van der Waals surface area contributed by atoms with Crippen molar-refractivity contribution in [3.05, 3.63) is 38.9 Å². The van der Waals surface area contributed by atoms with Gasteiger partial charge in [-0.1, -0.05) is 11.6 Å². The third-order valence-corrected chi connectivity index (χ3v) is 3.56. The van der Waals surface area contributed by atoms with Gasteiger partial charge in [-0.15, -0.1) is 0 Å². The number of carbonyl (C=O) groups is 2. The number of nitro benzene ring substituents is 1. The molecule has 0 spiro atoms. The van der Waals surface area contributed by atoms with E-state index in [0.29, 0.717) is 0 Å². The highest BCUT2D eigenvalue weighted by Gasteiger charge is 2.35. The quantitative estimate of drug-likeness (QED) is 0.455. The predicted molar refractivity (Wildman–Crippen MR) is 78.8 cm³/mol. The molecule has 0 unspecified atom stereocenters. The predicted octanol–water partition coefficient (Wildman–Crippen LogP) is 2.42. The molecule has 2 rings (SSSR count). The van der Waals surface area contributed by atoms with E-state index >= 15 is 0 Å². The van der Waals surface area contributed by atoms with Crippen LogP contribution in [0.5, 0.6) is 0 Å². The number of nitrogens with zero attached hydrogens (tertiary/aromatic N) is 2. The van der Waals surface area contributed by atoms with Gasteiger partial charge in [0.15, 0.2) is 0 Å². The fraction of sp³-hybridized carbons (Fsp3) is 0.429. The molecule has 1 aromatic carbocycles. The number of esters is 1. The van der Waals surface area contributed by atoms with Crippen LogP contribution < -0.4 is 0 Å². The molecular formula is C14H15ClN2O5. The van der Waals surface area contributed by atoms with Crippen LogP contribution in [0.15, 0.2) is 18.2 Å². The van der Waals surface area contributed by atoms with Gasteiger partial charge in [0.1, 0.15) is 11.6 Å². The largest absolute Gasteiger partial charge is 0.465 e. The van der Waals surface area contributed by atoms with E-state index < -0.39 is 16.8 Å². The van der Waals surface area contributed by atoms with Crippen molar-refractivity contribution >= 4 is 29.2 Å². The zero-order chi connectivity index (χ0) is 16.3. The fourth-order valence-corrected chi connectivity index (χ4v) is 2.24. The van der Waals surface area contributed by atoms with E-state index in [1.165, 1.54) is 17.0 Å². The first-order valence-electron chi connectivity index (χ1n) is 6.84. The zero-order valence-corrected chi connectivity index (χ0v) is 12.7. The first-order chi connectivity index (χ1) is 10.4. The summed E-state index contributed by atoms with van der Waals surface area (Å²) in [4.78, 5) is 35.8. The van der Waals surface area contributed by atoms with Gasteiger partial charge in [-0.3, -0.25) is 19.7 Å². The standard InChI is InChI=1S/C14H15ClN2O5/c1-2-22-13(18)8-16(10-4-5-10)14(19)9-3-6-11(15)12(7-9)17(20)21/h3,6-7,10H,2,4-5,8H2,1H3. The van der Waals surface area contributed by atoms with E-state index in [2.05, 4.69) is 0 Å². The van der Waals surface area contributed by atoms with Gasteiger partial charge < -0.3 is 9.64 Å². The average molecular weight is 327 g/mol. The zero-order valence-electron chi connectivity index (χ0n) is 12.0. The molecule has 0 bridgehead atoms. The van der Waals surface area contributed by atoms with Crippen molar-refractivity contribution in [2.24, 2.45) is 0 Å². The van der Waals surface area contributed by atoms with Crippen LogP contribution in [-0.2, 0) is 9.53 Å². The van der Waals surface area contributed by atoms with Crippen molar-refractivity contribution in [3.63, 3.8) is 0 Å². The second kappa shape index (κ2) is 6.74. The van der Waals surface area contributed by atoms with E-state index in [9.17, 15) is 19.7 Å². The van der Waals surface area contributed by atoms with Gasteiger partial charge in [-0.25, -0.2) is 0 Å². The molecule has 1 aliphatic carbocycles. The van der Waals surface area contributed by atoms with E-state index in [-0.39, 0.29) is 35.5 Å². The molecule has 1 aromatic rings. The van der Waals surface area contributed by atoms with Crippen molar-refractivity contribution < 1.29 is 19.2 Å². The topological polar surface area (TPSA) is 89.8 Å². The Balaban J connectivity index is 2.22. The van der Waals surface area contributed by atoms with E-state index in [4.69, 9.17) is 16.3 Å². The molecule has 22 heavy (non-hydrogen) atoms. The maximum atomic E-state index is 12.5. The highest BCUT2D eigenvalue weighted by atomic mass is 35.5. The minimum atomic E-state index is -0.647. The Morgan fingerprint density at radius 1 is 1.45 bits per heavy atom. The van der Waals surface area contributed by atoms with Crippen molar-refractivity contribution in [2.75, 3.05) is 13.2 Å². The Hall–Kier alpha value is -2.15. The van der Waals surface area contributed by atoms with Gasteiger partial charge in [-0.05, 0) is 31.9 Å². The van der Waals surface area contributed by atoms with Crippen LogP contribution in [0.2, 0.25) is 5.02 Å². The molecule has 118 valence electrons. The number of halogens is 1. The van der Waals surface area contributed by atoms with Crippen molar-refractivity contribution in [2.45, 2.75) is 25.8 Å². The summed E-state index contributed by atoms with van der Waals surface area (Å²) in [5.74, 6) is -0.929. The van der Waals surface area contributed by atoms with E-state index in [0.717, 1.165) is 18.9 Å². The maximum absolute atomic E-state index is 12.5. The summed E-state index contributed by atoms with van der Waals surface area (Å²) in [5.41, 5.74) is -0.202. The van der Waals surface area contributed by atoms with Gasteiger partial charge in [0, 0.05) is 17.7 Å². The normalized spacial score (nSPS) is 13.5. The van der Waals surface area contributed by atoms with Crippen molar-refractivity contribution in [3.8, 4) is 0 Å². The van der Waals surface area contributed by atoms with Crippen LogP contribution in [0.4, 0.5) is 5.69 Å². The highest BCUT2D eigenvalue weighted by Crippen LogP contribution is 2.30. The second-order valence-electron chi connectivity index (χ2n) is 4.89. The SMILES string of the molecule is CCOC(=O)CN(C(=O)c1ccc(Cl)c([N+](=O)[O-])c1)C1CC1. The van der Waals surface area contributed by atoms with E-state index in [1.54, 1.807) is 6.92 Å². The molecule has 1 amide bonds. The summed E-state index contributed by atoms with van der Waals surface area (Å²) in [6.45, 7) is 1.76. The van der Waals surface area contributed by atoms with Crippen molar-refractivity contribution in [1.82, 2.24) is 4.90 Å². The number of hydrogen-bond donors (Lipinski definition) is 0. The molecule has 0 N–H and O–H groups in total. The molecule has 8 heteroatoms. The Bertz CT molecular complexity index is 615. The lowest BCUT2D eigenvalue weighted by Crippen LogP contribution is -2.38.